The Kier molecular flexibility index (Phi) is 4.23. The maximum absolute atomic E-state index is 13.1. The van der Waals surface area contributed by atoms with Crippen molar-refractivity contribution in [1.82, 2.24) is 19.7 Å². The average molecular weight is 353 g/mol. The summed E-state index contributed by atoms with van der Waals surface area (Å²) in [6, 6.07) is 2.73. The third-order valence-corrected chi connectivity index (χ3v) is 4.37. The number of carbonyl (C=O) groups is 2. The van der Waals surface area contributed by atoms with E-state index < -0.39 is 23.7 Å². The zero-order valence-electron chi connectivity index (χ0n) is 12.7. The lowest BCUT2D eigenvalue weighted by Crippen LogP contribution is -2.51. The number of benzene rings is 1. The number of fused-ring (bicyclic) bond motifs is 1. The molecule has 0 spiro atoms. The number of carboxylic acids is 1. The highest BCUT2D eigenvalue weighted by Gasteiger charge is 2.36. The minimum Gasteiger partial charge on any atom is -0.480 e. The summed E-state index contributed by atoms with van der Waals surface area (Å²) in [5.74, 6) is -0.884. The van der Waals surface area contributed by atoms with Crippen LogP contribution in [0.1, 0.15) is 17.2 Å². The Morgan fingerprint density at radius 2 is 2.17 bits per heavy atom. The molecule has 24 heavy (non-hydrogen) atoms. The third kappa shape index (κ3) is 2.96. The van der Waals surface area contributed by atoms with E-state index in [-0.39, 0.29) is 24.5 Å². The Bertz CT molecular complexity index is 823. The van der Waals surface area contributed by atoms with Crippen LogP contribution in [0, 0.1) is 12.7 Å². The van der Waals surface area contributed by atoms with E-state index in [1.54, 1.807) is 11.5 Å². The highest BCUT2D eigenvalue weighted by atomic mass is 35.5. The van der Waals surface area contributed by atoms with Gasteiger partial charge in [0.25, 0.3) is 0 Å². The number of carbonyl (C=O) groups excluding carboxylic acids is 1. The number of aliphatic carboxylic acids is 1. The molecule has 0 radical (unpaired) electrons. The van der Waals surface area contributed by atoms with Gasteiger partial charge in [0.05, 0.1) is 19.5 Å². The van der Waals surface area contributed by atoms with Crippen LogP contribution in [0.15, 0.2) is 18.2 Å². The van der Waals surface area contributed by atoms with Crippen molar-refractivity contribution in [2.45, 2.75) is 32.5 Å². The minimum atomic E-state index is -1.10. The molecule has 2 heterocycles. The predicted octanol–water partition coefficient (Wildman–Crippen LogP) is 1.42. The highest BCUT2D eigenvalue weighted by Crippen LogP contribution is 2.22. The van der Waals surface area contributed by atoms with E-state index in [0.29, 0.717) is 17.2 Å². The van der Waals surface area contributed by atoms with Crippen molar-refractivity contribution < 1.29 is 19.1 Å². The summed E-state index contributed by atoms with van der Waals surface area (Å²) in [7, 11) is 0. The lowest BCUT2D eigenvalue weighted by atomic mass is 10.1. The monoisotopic (exact) mass is 352 g/mol. The van der Waals surface area contributed by atoms with Gasteiger partial charge in [-0.1, -0.05) is 17.7 Å². The van der Waals surface area contributed by atoms with E-state index in [2.05, 4.69) is 10.2 Å². The normalized spacial score (nSPS) is 16.8. The smallest absolute Gasteiger partial charge is 0.328 e. The second-order valence-corrected chi connectivity index (χ2v) is 5.97. The van der Waals surface area contributed by atoms with Crippen LogP contribution in [0.3, 0.4) is 0 Å². The molecule has 126 valence electrons. The Balaban J connectivity index is 1.86. The van der Waals surface area contributed by atoms with Gasteiger partial charge in [-0.25, -0.2) is 9.18 Å². The molecule has 1 aliphatic heterocycles. The van der Waals surface area contributed by atoms with E-state index in [4.69, 9.17) is 11.6 Å². The van der Waals surface area contributed by atoms with E-state index in [0.717, 1.165) is 6.07 Å². The van der Waals surface area contributed by atoms with Gasteiger partial charge in [0, 0.05) is 5.02 Å². The standard InChI is InChI=1S/C15H14ClFN4O3/c1-8-18-19-13-7-21(12(15(23)24)6-20(8)13)14(22)4-9-2-3-10(17)5-11(9)16/h2-3,5,12H,4,6-7H2,1H3,(H,23,24). The second kappa shape index (κ2) is 6.20. The fraction of sp³-hybridized carbons (Fsp3) is 0.333. The molecule has 2 aromatic rings. The van der Waals surface area contributed by atoms with Gasteiger partial charge in [0.1, 0.15) is 17.7 Å². The number of hydrogen-bond donors (Lipinski definition) is 1. The summed E-state index contributed by atoms with van der Waals surface area (Å²) < 4.78 is 14.8. The summed E-state index contributed by atoms with van der Waals surface area (Å²) in [5, 5.41) is 17.5. The van der Waals surface area contributed by atoms with Crippen molar-refractivity contribution in [2.24, 2.45) is 0 Å². The van der Waals surface area contributed by atoms with Crippen LogP contribution >= 0.6 is 11.6 Å². The zero-order chi connectivity index (χ0) is 17.4. The zero-order valence-corrected chi connectivity index (χ0v) is 13.5. The fourth-order valence-corrected chi connectivity index (χ4v) is 2.95. The largest absolute Gasteiger partial charge is 0.480 e. The van der Waals surface area contributed by atoms with Crippen LogP contribution in [0.5, 0.6) is 0 Å². The Hall–Kier alpha value is -2.48. The van der Waals surface area contributed by atoms with E-state index in [9.17, 15) is 19.1 Å². The van der Waals surface area contributed by atoms with Gasteiger partial charge in [0.2, 0.25) is 5.91 Å². The SMILES string of the molecule is Cc1nnc2n1CC(C(=O)O)N(C(=O)Cc1ccc(F)cc1Cl)C2. The van der Waals surface area contributed by atoms with Gasteiger partial charge in [-0.3, -0.25) is 4.79 Å². The van der Waals surface area contributed by atoms with Crippen LogP contribution in [0.2, 0.25) is 5.02 Å². The first-order valence-corrected chi connectivity index (χ1v) is 7.59. The summed E-state index contributed by atoms with van der Waals surface area (Å²) in [4.78, 5) is 25.4. The van der Waals surface area contributed by atoms with Crippen molar-refractivity contribution in [1.29, 1.82) is 0 Å². The van der Waals surface area contributed by atoms with Gasteiger partial charge in [0.15, 0.2) is 5.82 Å². The molecular weight excluding hydrogens is 339 g/mol. The molecule has 7 nitrogen and oxygen atoms in total. The predicted molar refractivity (Wildman–Crippen MR) is 81.8 cm³/mol. The first-order valence-electron chi connectivity index (χ1n) is 7.21. The maximum atomic E-state index is 13.1. The number of carboxylic acid groups (broad SMARTS) is 1. The Morgan fingerprint density at radius 3 is 2.83 bits per heavy atom. The topological polar surface area (TPSA) is 88.3 Å². The highest BCUT2D eigenvalue weighted by molar-refractivity contribution is 6.31. The lowest BCUT2D eigenvalue weighted by Gasteiger charge is -2.33. The number of halogens is 2. The molecule has 0 bridgehead atoms. The summed E-state index contributed by atoms with van der Waals surface area (Å²) in [6.45, 7) is 1.87. The summed E-state index contributed by atoms with van der Waals surface area (Å²) in [6.07, 6.45) is -0.115. The summed E-state index contributed by atoms with van der Waals surface area (Å²) >= 11 is 5.94. The van der Waals surface area contributed by atoms with Crippen LogP contribution in [0.4, 0.5) is 4.39 Å². The van der Waals surface area contributed by atoms with E-state index in [1.165, 1.54) is 17.0 Å². The lowest BCUT2D eigenvalue weighted by molar-refractivity contribution is -0.152. The van der Waals surface area contributed by atoms with Crippen molar-refractivity contribution in [3.8, 4) is 0 Å². The molecule has 1 atom stereocenters. The molecular formula is C15H14ClFN4O3. The molecule has 1 aromatic heterocycles. The van der Waals surface area contributed by atoms with Crippen molar-refractivity contribution in [3.05, 3.63) is 46.3 Å². The number of rotatable bonds is 3. The van der Waals surface area contributed by atoms with Crippen LogP contribution in [-0.4, -0.2) is 42.7 Å². The Labute approximate surface area is 141 Å². The third-order valence-electron chi connectivity index (χ3n) is 4.02. The molecule has 1 N–H and O–H groups in total. The molecule has 0 saturated heterocycles. The van der Waals surface area contributed by atoms with Gasteiger partial charge < -0.3 is 14.6 Å². The van der Waals surface area contributed by atoms with Crippen LogP contribution < -0.4 is 0 Å². The number of nitrogens with zero attached hydrogens (tertiary/aromatic N) is 4. The Morgan fingerprint density at radius 1 is 1.42 bits per heavy atom. The van der Waals surface area contributed by atoms with Crippen molar-refractivity contribution >= 4 is 23.5 Å². The second-order valence-electron chi connectivity index (χ2n) is 5.56. The van der Waals surface area contributed by atoms with Gasteiger partial charge in [-0.15, -0.1) is 10.2 Å². The molecule has 3 rings (SSSR count). The van der Waals surface area contributed by atoms with E-state index >= 15 is 0 Å². The molecule has 1 aromatic carbocycles. The quantitative estimate of drug-likeness (QED) is 0.902. The first kappa shape index (κ1) is 16.4. The molecule has 1 aliphatic rings. The van der Waals surface area contributed by atoms with Crippen molar-refractivity contribution in [2.75, 3.05) is 0 Å². The molecule has 0 saturated carbocycles. The first-order chi connectivity index (χ1) is 11.4. The maximum Gasteiger partial charge on any atom is 0.328 e. The number of hydrogen-bond acceptors (Lipinski definition) is 4. The molecule has 9 heteroatoms. The van der Waals surface area contributed by atoms with Gasteiger partial charge in [-0.2, -0.15) is 0 Å². The molecule has 1 unspecified atom stereocenters. The van der Waals surface area contributed by atoms with Crippen LogP contribution in [0.25, 0.3) is 0 Å². The average Bonchev–Trinajstić information content (AvgIpc) is 2.89. The molecule has 0 aliphatic carbocycles. The van der Waals surface area contributed by atoms with Gasteiger partial charge in [-0.05, 0) is 24.6 Å². The fourth-order valence-electron chi connectivity index (χ4n) is 2.72. The van der Waals surface area contributed by atoms with Gasteiger partial charge >= 0.3 is 5.97 Å². The number of amides is 1. The number of aromatic nitrogens is 3. The van der Waals surface area contributed by atoms with E-state index in [1.807, 2.05) is 0 Å². The minimum absolute atomic E-state index is 0.0510. The van der Waals surface area contributed by atoms with Crippen LogP contribution in [-0.2, 0) is 29.1 Å². The molecule has 0 fully saturated rings. The molecule has 1 amide bonds. The van der Waals surface area contributed by atoms with Crippen molar-refractivity contribution in [3.63, 3.8) is 0 Å². The number of aryl methyl sites for hydroxylation is 1. The summed E-state index contributed by atoms with van der Waals surface area (Å²) in [5.41, 5.74) is 0.440.